The molecule has 0 radical (unpaired) electrons. The van der Waals surface area contributed by atoms with Gasteiger partial charge in [-0.15, -0.1) is 0 Å². The molecule has 0 aromatic carbocycles. The number of aliphatic carboxylic acids is 1. The lowest BCUT2D eigenvalue weighted by molar-refractivity contribution is -0.132. The zero-order valence-electron chi connectivity index (χ0n) is 5.73. The number of allylic oxidation sites excluding steroid dienone is 2. The predicted molar refractivity (Wildman–Crippen MR) is 37.6 cm³/mol. The van der Waals surface area contributed by atoms with Crippen molar-refractivity contribution in [2.75, 3.05) is 6.54 Å². The maximum absolute atomic E-state index is 10.4. The Balaban J connectivity index is 2.72. The summed E-state index contributed by atoms with van der Waals surface area (Å²) in [7, 11) is 0. The van der Waals surface area contributed by atoms with Crippen LogP contribution in [0.2, 0.25) is 0 Å². The zero-order valence-corrected chi connectivity index (χ0v) is 5.73. The highest BCUT2D eigenvalue weighted by atomic mass is 16.4. The van der Waals surface area contributed by atoms with E-state index in [4.69, 9.17) is 5.11 Å². The Bertz CT molecular complexity index is 242. The van der Waals surface area contributed by atoms with Gasteiger partial charge in [0, 0.05) is 6.20 Å². The number of amides is 1. The summed E-state index contributed by atoms with van der Waals surface area (Å²) >= 11 is 0. The van der Waals surface area contributed by atoms with E-state index in [-0.39, 0.29) is 12.1 Å². The van der Waals surface area contributed by atoms with Crippen molar-refractivity contribution in [1.82, 2.24) is 4.90 Å². The fourth-order valence-electron chi connectivity index (χ4n) is 0.783. The van der Waals surface area contributed by atoms with Gasteiger partial charge in [0.15, 0.2) is 0 Å². The topological polar surface area (TPSA) is 57.6 Å². The first-order chi connectivity index (χ1) is 5.24. The van der Waals surface area contributed by atoms with E-state index in [1.165, 1.54) is 23.3 Å². The first-order valence-corrected chi connectivity index (χ1v) is 3.05. The summed E-state index contributed by atoms with van der Waals surface area (Å²) in [5, 5.41) is 8.51. The third kappa shape index (κ3) is 1.67. The minimum atomic E-state index is -0.985. The van der Waals surface area contributed by atoms with E-state index in [1.54, 1.807) is 0 Å². The molecular weight excluding hydrogens is 146 g/mol. The van der Waals surface area contributed by atoms with Gasteiger partial charge in [0.25, 0.3) is 0 Å². The van der Waals surface area contributed by atoms with Crippen molar-refractivity contribution in [3.05, 3.63) is 23.9 Å². The van der Waals surface area contributed by atoms with E-state index < -0.39 is 5.97 Å². The normalized spacial score (nSPS) is 16.0. The monoisotopic (exact) mass is 153 g/mol. The standard InChI is InChI=1S/C7H7NO3/c9-5-8-3-1-2-6(4-8)7(10)11/h1-3,5H,4H2,(H,10,11). The van der Waals surface area contributed by atoms with E-state index in [9.17, 15) is 9.59 Å². The van der Waals surface area contributed by atoms with Crippen LogP contribution in [-0.4, -0.2) is 28.9 Å². The van der Waals surface area contributed by atoms with Crippen molar-refractivity contribution in [3.63, 3.8) is 0 Å². The molecule has 1 rings (SSSR count). The second-order valence-electron chi connectivity index (χ2n) is 2.12. The molecule has 4 nitrogen and oxygen atoms in total. The fourth-order valence-corrected chi connectivity index (χ4v) is 0.783. The summed E-state index contributed by atoms with van der Waals surface area (Å²) < 4.78 is 0. The first kappa shape index (κ1) is 7.53. The van der Waals surface area contributed by atoms with Crippen LogP contribution in [0, 0.1) is 0 Å². The van der Waals surface area contributed by atoms with Gasteiger partial charge in [-0.3, -0.25) is 4.79 Å². The second-order valence-corrected chi connectivity index (χ2v) is 2.12. The molecule has 4 heteroatoms. The van der Waals surface area contributed by atoms with Gasteiger partial charge < -0.3 is 10.0 Å². The summed E-state index contributed by atoms with van der Waals surface area (Å²) in [6.07, 6.45) is 5.12. The molecule has 0 unspecified atom stereocenters. The summed E-state index contributed by atoms with van der Waals surface area (Å²) in [5.41, 5.74) is 0.222. The van der Waals surface area contributed by atoms with Crippen molar-refractivity contribution in [3.8, 4) is 0 Å². The molecular formula is C7H7NO3. The minimum absolute atomic E-state index is 0.148. The number of carboxylic acid groups (broad SMARTS) is 1. The molecule has 0 aromatic rings. The number of carbonyl (C=O) groups is 2. The van der Waals surface area contributed by atoms with Crippen LogP contribution in [0.5, 0.6) is 0 Å². The minimum Gasteiger partial charge on any atom is -0.478 e. The van der Waals surface area contributed by atoms with E-state index >= 15 is 0 Å². The van der Waals surface area contributed by atoms with Gasteiger partial charge in [0.05, 0.1) is 12.1 Å². The smallest absolute Gasteiger partial charge is 0.333 e. The molecule has 0 saturated heterocycles. The lowest BCUT2D eigenvalue weighted by atomic mass is 10.2. The van der Waals surface area contributed by atoms with Crippen LogP contribution in [0.3, 0.4) is 0 Å². The first-order valence-electron chi connectivity index (χ1n) is 3.05. The van der Waals surface area contributed by atoms with Crippen molar-refractivity contribution in [2.45, 2.75) is 0 Å². The van der Waals surface area contributed by atoms with Crippen molar-refractivity contribution >= 4 is 12.4 Å². The molecule has 1 N–H and O–H groups in total. The number of carboxylic acids is 1. The maximum Gasteiger partial charge on any atom is 0.333 e. The molecule has 1 amide bonds. The van der Waals surface area contributed by atoms with Crippen LogP contribution < -0.4 is 0 Å². The summed E-state index contributed by atoms with van der Waals surface area (Å²) in [6, 6.07) is 0. The summed E-state index contributed by atoms with van der Waals surface area (Å²) in [4.78, 5) is 21.8. The maximum atomic E-state index is 10.4. The van der Waals surface area contributed by atoms with E-state index in [0.717, 1.165) is 0 Å². The SMILES string of the molecule is O=CN1C=CC=C(C(=O)O)C1. The highest BCUT2D eigenvalue weighted by molar-refractivity contribution is 5.88. The molecule has 1 aliphatic rings. The fraction of sp³-hybridized carbons (Fsp3) is 0.143. The van der Waals surface area contributed by atoms with Gasteiger partial charge in [-0.25, -0.2) is 4.79 Å². The Morgan fingerprint density at radius 3 is 3.00 bits per heavy atom. The molecule has 1 aliphatic heterocycles. The van der Waals surface area contributed by atoms with Gasteiger partial charge in [0.1, 0.15) is 0 Å². The average Bonchev–Trinajstić information content (AvgIpc) is 2.05. The number of rotatable bonds is 2. The van der Waals surface area contributed by atoms with Crippen LogP contribution in [0.25, 0.3) is 0 Å². The number of carbonyl (C=O) groups excluding carboxylic acids is 1. The average molecular weight is 153 g/mol. The quantitative estimate of drug-likeness (QED) is 0.567. The Morgan fingerprint density at radius 1 is 1.73 bits per heavy atom. The van der Waals surface area contributed by atoms with E-state index in [1.807, 2.05) is 0 Å². The number of nitrogens with zero attached hydrogens (tertiary/aromatic N) is 1. The summed E-state index contributed by atoms with van der Waals surface area (Å²) in [5.74, 6) is -0.985. The van der Waals surface area contributed by atoms with Gasteiger partial charge in [-0.2, -0.15) is 0 Å². The Hall–Kier alpha value is -1.58. The lowest BCUT2D eigenvalue weighted by Gasteiger charge is -2.14. The van der Waals surface area contributed by atoms with Crippen LogP contribution in [0.15, 0.2) is 23.9 Å². The van der Waals surface area contributed by atoms with Crippen molar-refractivity contribution < 1.29 is 14.7 Å². The van der Waals surface area contributed by atoms with Gasteiger partial charge >= 0.3 is 5.97 Å². The Labute approximate surface area is 63.4 Å². The van der Waals surface area contributed by atoms with Crippen molar-refractivity contribution in [2.24, 2.45) is 0 Å². The molecule has 0 fully saturated rings. The van der Waals surface area contributed by atoms with Crippen LogP contribution in [-0.2, 0) is 9.59 Å². The highest BCUT2D eigenvalue weighted by Crippen LogP contribution is 2.04. The predicted octanol–water partition coefficient (Wildman–Crippen LogP) is -0.0169. The van der Waals surface area contributed by atoms with Crippen LogP contribution in [0.1, 0.15) is 0 Å². The van der Waals surface area contributed by atoms with Crippen LogP contribution in [0.4, 0.5) is 0 Å². The van der Waals surface area contributed by atoms with Gasteiger partial charge in [-0.1, -0.05) is 0 Å². The largest absolute Gasteiger partial charge is 0.478 e. The highest BCUT2D eigenvalue weighted by Gasteiger charge is 2.11. The molecule has 0 bridgehead atoms. The zero-order chi connectivity index (χ0) is 8.27. The molecule has 1 heterocycles. The number of hydrogen-bond acceptors (Lipinski definition) is 2. The van der Waals surface area contributed by atoms with Crippen LogP contribution >= 0.6 is 0 Å². The third-order valence-electron chi connectivity index (χ3n) is 1.34. The number of hydrogen-bond donors (Lipinski definition) is 1. The second kappa shape index (κ2) is 3.01. The molecule has 0 spiro atoms. The molecule has 0 aliphatic carbocycles. The van der Waals surface area contributed by atoms with E-state index in [2.05, 4.69) is 0 Å². The third-order valence-corrected chi connectivity index (χ3v) is 1.34. The Morgan fingerprint density at radius 2 is 2.45 bits per heavy atom. The Kier molecular flexibility index (Phi) is 2.06. The summed E-state index contributed by atoms with van der Waals surface area (Å²) in [6.45, 7) is 0.148. The molecule has 0 atom stereocenters. The molecule has 11 heavy (non-hydrogen) atoms. The lowest BCUT2D eigenvalue weighted by Crippen LogP contribution is -2.23. The van der Waals surface area contributed by atoms with Crippen molar-refractivity contribution in [1.29, 1.82) is 0 Å². The molecule has 0 aromatic heterocycles. The van der Waals surface area contributed by atoms with Gasteiger partial charge in [0.2, 0.25) is 6.41 Å². The molecule has 0 saturated carbocycles. The molecule has 58 valence electrons. The van der Waals surface area contributed by atoms with Gasteiger partial charge in [-0.05, 0) is 12.2 Å². The van der Waals surface area contributed by atoms with E-state index in [0.29, 0.717) is 6.41 Å².